The van der Waals surface area contributed by atoms with E-state index in [1.807, 2.05) is 0 Å². The minimum Gasteiger partial charge on any atom is -0.342 e. The van der Waals surface area contributed by atoms with Gasteiger partial charge in [-0.15, -0.1) is 0 Å². The molecule has 0 fully saturated rings. The van der Waals surface area contributed by atoms with E-state index < -0.39 is 11.6 Å². The number of rotatable bonds is 2. The van der Waals surface area contributed by atoms with E-state index in [2.05, 4.69) is 25.9 Å². The second-order valence-electron chi connectivity index (χ2n) is 2.89. The number of carbonyl (C=O) groups is 1. The highest BCUT2D eigenvalue weighted by Gasteiger charge is 2.15. The summed E-state index contributed by atoms with van der Waals surface area (Å²) < 4.78 is 14.0. The number of aromatic nitrogens is 2. The van der Waals surface area contributed by atoms with Gasteiger partial charge in [-0.3, -0.25) is 4.79 Å². The molecule has 1 aromatic heterocycles. The number of nitrogens with one attached hydrogen (secondary N) is 1. The number of hydrogen-bond donors (Lipinski definition) is 1. The smallest absolute Gasteiger partial charge is 0.231 e. The van der Waals surface area contributed by atoms with E-state index in [9.17, 15) is 9.18 Å². The van der Waals surface area contributed by atoms with Crippen molar-refractivity contribution < 1.29 is 9.18 Å². The molecule has 2 rings (SSSR count). The van der Waals surface area contributed by atoms with E-state index in [0.717, 1.165) is 0 Å². The van der Waals surface area contributed by atoms with Gasteiger partial charge in [-0.2, -0.15) is 0 Å². The number of hydrogen-bond acceptors (Lipinski definition) is 2. The topological polar surface area (TPSA) is 45.8 Å². The predicted octanol–water partition coefficient (Wildman–Crippen LogP) is 2.54. The van der Waals surface area contributed by atoms with Crippen LogP contribution in [0.25, 0.3) is 0 Å². The van der Waals surface area contributed by atoms with Crippen molar-refractivity contribution in [2.75, 3.05) is 0 Å². The van der Waals surface area contributed by atoms with Crippen molar-refractivity contribution in [2.45, 2.75) is 0 Å². The Hall–Kier alpha value is -1.49. The summed E-state index contributed by atoms with van der Waals surface area (Å²) in [5.74, 6) is -0.884. The fraction of sp³-hybridized carbons (Fsp3) is 0. The molecule has 0 spiro atoms. The van der Waals surface area contributed by atoms with Crippen LogP contribution in [0.3, 0.4) is 0 Å². The van der Waals surface area contributed by atoms with Gasteiger partial charge in [-0.1, -0.05) is 15.9 Å². The van der Waals surface area contributed by atoms with E-state index >= 15 is 0 Å². The van der Waals surface area contributed by atoms with Crippen molar-refractivity contribution in [1.29, 1.82) is 0 Å². The molecule has 0 bridgehead atoms. The van der Waals surface area contributed by atoms with Crippen molar-refractivity contribution in [3.8, 4) is 0 Å². The first-order valence-electron chi connectivity index (χ1n) is 4.17. The maximum absolute atomic E-state index is 13.3. The fourth-order valence-electron chi connectivity index (χ4n) is 1.19. The molecule has 0 aliphatic rings. The largest absolute Gasteiger partial charge is 0.342 e. The average molecular weight is 269 g/mol. The van der Waals surface area contributed by atoms with Gasteiger partial charge in [-0.25, -0.2) is 9.37 Å². The lowest BCUT2D eigenvalue weighted by atomic mass is 10.1. The van der Waals surface area contributed by atoms with Crippen LogP contribution in [0.15, 0.2) is 35.1 Å². The lowest BCUT2D eigenvalue weighted by Crippen LogP contribution is -2.06. The number of ketones is 1. The van der Waals surface area contributed by atoms with Crippen LogP contribution in [0.1, 0.15) is 16.2 Å². The predicted molar refractivity (Wildman–Crippen MR) is 56.1 cm³/mol. The van der Waals surface area contributed by atoms with Gasteiger partial charge in [0.05, 0.1) is 5.56 Å². The van der Waals surface area contributed by atoms with Crippen molar-refractivity contribution in [3.05, 3.63) is 52.3 Å². The van der Waals surface area contributed by atoms with Crippen LogP contribution in [0.4, 0.5) is 4.39 Å². The van der Waals surface area contributed by atoms with Crippen LogP contribution in [0.2, 0.25) is 0 Å². The number of carbonyl (C=O) groups excluding carboxylic acids is 1. The number of imidazole rings is 1. The van der Waals surface area contributed by atoms with Gasteiger partial charge in [0.1, 0.15) is 5.82 Å². The van der Waals surface area contributed by atoms with Crippen LogP contribution < -0.4 is 0 Å². The normalized spacial score (nSPS) is 10.3. The summed E-state index contributed by atoms with van der Waals surface area (Å²) in [6, 6.07) is 4.20. The molecule has 0 saturated heterocycles. The molecule has 1 N–H and O–H groups in total. The standard InChI is InChI=1S/C10H6BrFN2O/c11-6-1-2-8(12)7(5-6)9(15)10-13-3-4-14-10/h1-5H,(H,13,14). The summed E-state index contributed by atoms with van der Waals surface area (Å²) in [5.41, 5.74) is -0.000625. The number of aromatic amines is 1. The van der Waals surface area contributed by atoms with Gasteiger partial charge in [0.2, 0.25) is 5.78 Å². The Morgan fingerprint density at radius 1 is 1.47 bits per heavy atom. The van der Waals surface area contributed by atoms with E-state index in [1.54, 1.807) is 0 Å². The van der Waals surface area contributed by atoms with Gasteiger partial charge in [-0.05, 0) is 18.2 Å². The average Bonchev–Trinajstić information content (AvgIpc) is 2.74. The van der Waals surface area contributed by atoms with Crippen LogP contribution in [0.5, 0.6) is 0 Å². The zero-order valence-electron chi connectivity index (χ0n) is 7.50. The van der Waals surface area contributed by atoms with Crippen molar-refractivity contribution in [3.63, 3.8) is 0 Å². The van der Waals surface area contributed by atoms with Gasteiger partial charge in [0.15, 0.2) is 5.82 Å². The van der Waals surface area contributed by atoms with E-state index in [4.69, 9.17) is 0 Å². The molecule has 0 atom stereocenters. The molecule has 76 valence electrons. The molecular weight excluding hydrogens is 263 g/mol. The van der Waals surface area contributed by atoms with Gasteiger partial charge >= 0.3 is 0 Å². The highest BCUT2D eigenvalue weighted by atomic mass is 79.9. The number of halogens is 2. The third-order valence-corrected chi connectivity index (χ3v) is 2.38. The number of nitrogens with zero attached hydrogens (tertiary/aromatic N) is 1. The first kappa shape index (κ1) is 10.0. The van der Waals surface area contributed by atoms with E-state index in [0.29, 0.717) is 4.47 Å². The molecule has 0 amide bonds. The number of benzene rings is 1. The quantitative estimate of drug-likeness (QED) is 0.851. The first-order chi connectivity index (χ1) is 7.18. The highest BCUT2D eigenvalue weighted by Crippen LogP contribution is 2.17. The molecule has 3 nitrogen and oxygen atoms in total. The molecule has 1 heterocycles. The Labute approximate surface area is 93.5 Å². The van der Waals surface area contributed by atoms with Gasteiger partial charge < -0.3 is 4.98 Å². The Morgan fingerprint density at radius 3 is 2.93 bits per heavy atom. The summed E-state index contributed by atoms with van der Waals surface area (Å²) in [4.78, 5) is 18.1. The molecule has 2 aromatic rings. The van der Waals surface area contributed by atoms with E-state index in [1.165, 1.54) is 30.6 Å². The van der Waals surface area contributed by atoms with Gasteiger partial charge in [0, 0.05) is 16.9 Å². The highest BCUT2D eigenvalue weighted by molar-refractivity contribution is 9.10. The fourth-order valence-corrected chi connectivity index (χ4v) is 1.55. The Morgan fingerprint density at radius 2 is 2.27 bits per heavy atom. The zero-order valence-corrected chi connectivity index (χ0v) is 9.08. The third-order valence-electron chi connectivity index (χ3n) is 1.89. The maximum Gasteiger partial charge on any atom is 0.231 e. The monoisotopic (exact) mass is 268 g/mol. The molecule has 0 aliphatic heterocycles. The zero-order chi connectivity index (χ0) is 10.8. The minimum atomic E-state index is -0.556. The van der Waals surface area contributed by atoms with Crippen LogP contribution in [-0.2, 0) is 0 Å². The van der Waals surface area contributed by atoms with Gasteiger partial charge in [0.25, 0.3) is 0 Å². The summed E-state index contributed by atoms with van der Waals surface area (Å²) in [6.45, 7) is 0. The molecule has 15 heavy (non-hydrogen) atoms. The minimum absolute atomic E-state index is 0.000625. The SMILES string of the molecule is O=C(c1ncc[nH]1)c1cc(Br)ccc1F. The van der Waals surface area contributed by atoms with Crippen LogP contribution >= 0.6 is 15.9 Å². The van der Waals surface area contributed by atoms with E-state index in [-0.39, 0.29) is 11.4 Å². The molecule has 0 aliphatic carbocycles. The molecule has 0 unspecified atom stereocenters. The molecular formula is C10H6BrFN2O. The molecule has 1 aromatic carbocycles. The Balaban J connectivity index is 2.46. The second-order valence-corrected chi connectivity index (χ2v) is 3.81. The molecule has 0 radical (unpaired) electrons. The third kappa shape index (κ3) is 1.97. The summed E-state index contributed by atoms with van der Waals surface area (Å²) in [5, 5.41) is 0. The molecule has 0 saturated carbocycles. The Bertz CT molecular complexity index is 496. The van der Waals surface area contributed by atoms with Crippen molar-refractivity contribution in [1.82, 2.24) is 9.97 Å². The van der Waals surface area contributed by atoms with Crippen LogP contribution in [0, 0.1) is 5.82 Å². The summed E-state index contributed by atoms with van der Waals surface area (Å²) in [6.07, 6.45) is 2.96. The second kappa shape index (κ2) is 3.94. The van der Waals surface area contributed by atoms with Crippen molar-refractivity contribution in [2.24, 2.45) is 0 Å². The lowest BCUT2D eigenvalue weighted by Gasteiger charge is -2.00. The van der Waals surface area contributed by atoms with Crippen molar-refractivity contribution >= 4 is 21.7 Å². The molecule has 5 heteroatoms. The maximum atomic E-state index is 13.3. The lowest BCUT2D eigenvalue weighted by molar-refractivity contribution is 0.102. The first-order valence-corrected chi connectivity index (χ1v) is 4.97. The summed E-state index contributed by atoms with van der Waals surface area (Å²) in [7, 11) is 0. The van der Waals surface area contributed by atoms with Crippen LogP contribution in [-0.4, -0.2) is 15.8 Å². The number of H-pyrrole nitrogens is 1. The Kier molecular flexibility index (Phi) is 2.64. The summed E-state index contributed by atoms with van der Waals surface area (Å²) >= 11 is 3.18.